The lowest BCUT2D eigenvalue weighted by molar-refractivity contribution is -0.161. The Morgan fingerprint density at radius 3 is 0.870 bits per heavy atom. The molecule has 0 rings (SSSR count). The van der Waals surface area contributed by atoms with Crippen LogP contribution in [0.1, 0.15) is 336 Å². The number of esters is 4. The maximum atomic E-state index is 13.1. The highest BCUT2D eigenvalue weighted by Gasteiger charge is 2.30. The first-order chi connectivity index (χ1) is 48.7. The molecule has 0 spiro atoms. The molecule has 0 aliphatic carbocycles. The molecule has 100 heavy (non-hydrogen) atoms. The minimum atomic E-state index is -4.99. The van der Waals surface area contributed by atoms with Gasteiger partial charge in [0.1, 0.15) is 19.3 Å². The Morgan fingerprint density at radius 2 is 0.530 bits per heavy atom. The molecule has 0 aliphatic rings. The first kappa shape index (κ1) is 96.0. The first-order valence-corrected chi connectivity index (χ1v) is 42.5. The summed E-state index contributed by atoms with van der Waals surface area (Å²) in [6, 6.07) is 0. The van der Waals surface area contributed by atoms with Gasteiger partial charge in [0.15, 0.2) is 12.2 Å². The van der Waals surface area contributed by atoms with Crippen molar-refractivity contribution in [1.29, 1.82) is 0 Å². The van der Waals surface area contributed by atoms with Crippen LogP contribution in [0, 0.1) is 0 Å². The van der Waals surface area contributed by atoms with Crippen LogP contribution >= 0.6 is 15.6 Å². The van der Waals surface area contributed by atoms with Crippen LogP contribution in [-0.2, 0) is 65.4 Å². The second-order valence-electron chi connectivity index (χ2n) is 26.3. The van der Waals surface area contributed by atoms with Crippen LogP contribution in [0.25, 0.3) is 0 Å². The highest BCUT2D eigenvalue weighted by atomic mass is 31.2. The zero-order valence-corrected chi connectivity index (χ0v) is 64.9. The van der Waals surface area contributed by atoms with Gasteiger partial charge >= 0.3 is 39.5 Å². The van der Waals surface area contributed by atoms with E-state index in [9.17, 15) is 43.2 Å². The number of hydrogen-bond acceptors (Lipinski definition) is 15. The van der Waals surface area contributed by atoms with Crippen LogP contribution in [0.5, 0.6) is 0 Å². The minimum Gasteiger partial charge on any atom is -0.462 e. The van der Waals surface area contributed by atoms with Gasteiger partial charge in [-0.2, -0.15) is 0 Å². The molecule has 0 heterocycles. The van der Waals surface area contributed by atoms with Gasteiger partial charge in [-0.05, 0) is 122 Å². The summed E-state index contributed by atoms with van der Waals surface area (Å²) in [6.07, 6.45) is 76.8. The van der Waals surface area contributed by atoms with Crippen molar-refractivity contribution in [3.63, 3.8) is 0 Å². The molecule has 3 N–H and O–H groups in total. The maximum Gasteiger partial charge on any atom is 0.472 e. The lowest BCUT2D eigenvalue weighted by atomic mass is 10.0. The van der Waals surface area contributed by atoms with E-state index in [2.05, 4.69) is 125 Å². The van der Waals surface area contributed by atoms with Crippen LogP contribution in [0.2, 0.25) is 0 Å². The van der Waals surface area contributed by atoms with Crippen molar-refractivity contribution in [3.8, 4) is 0 Å². The summed E-state index contributed by atoms with van der Waals surface area (Å²) in [5, 5.41) is 10.6. The Kier molecular flexibility index (Phi) is 70.4. The summed E-state index contributed by atoms with van der Waals surface area (Å²) in [4.78, 5) is 72.9. The zero-order valence-electron chi connectivity index (χ0n) is 63.1. The van der Waals surface area contributed by atoms with Crippen LogP contribution in [0.15, 0.2) is 97.2 Å². The van der Waals surface area contributed by atoms with Gasteiger partial charge in [-0.3, -0.25) is 37.3 Å². The molecule has 0 aliphatic heterocycles. The smallest absolute Gasteiger partial charge is 0.462 e. The van der Waals surface area contributed by atoms with E-state index < -0.39 is 97.5 Å². The third-order valence-electron chi connectivity index (χ3n) is 16.5. The van der Waals surface area contributed by atoms with E-state index in [-0.39, 0.29) is 25.7 Å². The summed E-state index contributed by atoms with van der Waals surface area (Å²) < 4.78 is 68.5. The Hall–Kier alpha value is -4.02. The SMILES string of the molecule is CC/C=C\C/C=C\C/C=C\C/C=C\C/C=C\CCCCCC(=O)OCC(COP(=O)(O)OCC(O)COP(=O)(O)OCC(COC(=O)CCCCCCCCCCCCCCCCC)OC(=O)CCCCCCC/C=C\CCCC)OC(=O)CCCCCCC/C=C\C/C=C\CCCCC. The van der Waals surface area contributed by atoms with Crippen LogP contribution in [-0.4, -0.2) is 96.7 Å². The number of allylic oxidation sites excluding steroid dienone is 16. The molecule has 19 heteroatoms. The van der Waals surface area contributed by atoms with E-state index in [0.29, 0.717) is 25.7 Å². The quantitative estimate of drug-likeness (QED) is 0.0169. The predicted octanol–water partition coefficient (Wildman–Crippen LogP) is 22.8. The zero-order chi connectivity index (χ0) is 73.2. The Balaban J connectivity index is 5.35. The number of carbonyl (C=O) groups excluding carboxylic acids is 4. The average Bonchev–Trinajstić information content (AvgIpc) is 0.985. The number of phosphoric ester groups is 2. The molecule has 0 amide bonds. The molecule has 17 nitrogen and oxygen atoms in total. The molecule has 0 fully saturated rings. The minimum absolute atomic E-state index is 0.0711. The molecule has 5 unspecified atom stereocenters. The molecule has 0 saturated carbocycles. The number of ether oxygens (including phenoxy) is 4. The molecule has 0 radical (unpaired) electrons. The molecular formula is C81H142O17P2. The second-order valence-corrected chi connectivity index (χ2v) is 29.2. The van der Waals surface area contributed by atoms with Gasteiger partial charge in [-0.25, -0.2) is 9.13 Å². The lowest BCUT2D eigenvalue weighted by Gasteiger charge is -2.21. The number of carbonyl (C=O) groups is 4. The monoisotopic (exact) mass is 1450 g/mol. The van der Waals surface area contributed by atoms with Crippen LogP contribution in [0.4, 0.5) is 0 Å². The van der Waals surface area contributed by atoms with E-state index in [1.54, 1.807) is 0 Å². The molecule has 578 valence electrons. The molecule has 0 aromatic heterocycles. The lowest BCUT2D eigenvalue weighted by Crippen LogP contribution is -2.30. The van der Waals surface area contributed by atoms with E-state index in [1.165, 1.54) is 103 Å². The standard InChI is InChI=1S/C81H142O17P2/c1-5-9-13-17-21-25-29-32-35-36-37-38-41-43-47-50-54-58-62-66-79(84)92-72-77(98-81(86)68-64-60-56-52-48-44-40-34-31-27-23-19-15-11-7-3)74-96-100(89,90)94-70-75(82)69-93-99(87,88)95-73-76(97-80(85)67-63-59-55-51-45-28-24-20-16-12-8-4)71-91-78(83)65-61-57-53-49-46-42-39-33-30-26-22-18-14-10-6-2/h9,13,20-21,23-25,27,32,34-35,37-38,40,43,47,75-77,82H,5-8,10-12,14-19,22,26,28-31,33,36,39,41-42,44-46,48-74H2,1-4H3,(H,87,88)(H,89,90)/b13-9-,24-20-,25-21-,27-23-,35-32-,38-37-,40-34-,47-43-. The summed E-state index contributed by atoms with van der Waals surface area (Å²) in [5.41, 5.74) is 0. The highest BCUT2D eigenvalue weighted by molar-refractivity contribution is 7.47. The predicted molar refractivity (Wildman–Crippen MR) is 409 cm³/mol. The van der Waals surface area contributed by atoms with Crippen molar-refractivity contribution in [2.45, 2.75) is 354 Å². The van der Waals surface area contributed by atoms with Crippen molar-refractivity contribution in [2.75, 3.05) is 39.6 Å². The second kappa shape index (κ2) is 73.3. The Labute approximate surface area is 607 Å². The van der Waals surface area contributed by atoms with Crippen LogP contribution in [0.3, 0.4) is 0 Å². The largest absolute Gasteiger partial charge is 0.472 e. The van der Waals surface area contributed by atoms with Gasteiger partial charge in [-0.1, -0.05) is 285 Å². The van der Waals surface area contributed by atoms with E-state index in [0.717, 1.165) is 154 Å². The maximum absolute atomic E-state index is 13.1. The average molecular weight is 1450 g/mol. The fourth-order valence-corrected chi connectivity index (χ4v) is 12.1. The van der Waals surface area contributed by atoms with Crippen LogP contribution < -0.4 is 0 Å². The fraction of sp³-hybridized carbons (Fsp3) is 0.753. The fourth-order valence-electron chi connectivity index (χ4n) is 10.5. The molecule has 0 saturated heterocycles. The summed E-state index contributed by atoms with van der Waals surface area (Å²) in [6.45, 7) is 4.67. The van der Waals surface area contributed by atoms with Crippen molar-refractivity contribution in [2.24, 2.45) is 0 Å². The third-order valence-corrected chi connectivity index (χ3v) is 18.4. The van der Waals surface area contributed by atoms with Crippen molar-refractivity contribution in [1.82, 2.24) is 0 Å². The van der Waals surface area contributed by atoms with Gasteiger partial charge in [0.2, 0.25) is 0 Å². The highest BCUT2D eigenvalue weighted by Crippen LogP contribution is 2.45. The van der Waals surface area contributed by atoms with Gasteiger partial charge in [0.25, 0.3) is 0 Å². The van der Waals surface area contributed by atoms with Gasteiger partial charge in [-0.15, -0.1) is 0 Å². The van der Waals surface area contributed by atoms with E-state index >= 15 is 0 Å². The molecular weight excluding hydrogens is 1310 g/mol. The number of aliphatic hydroxyl groups excluding tert-OH is 1. The number of hydrogen-bond donors (Lipinski definition) is 3. The molecule has 0 aromatic rings. The van der Waals surface area contributed by atoms with Gasteiger partial charge < -0.3 is 33.8 Å². The molecule has 5 atom stereocenters. The van der Waals surface area contributed by atoms with E-state index in [1.807, 2.05) is 0 Å². The normalized spacial score (nSPS) is 14.4. The van der Waals surface area contributed by atoms with Crippen molar-refractivity contribution in [3.05, 3.63) is 97.2 Å². The van der Waals surface area contributed by atoms with E-state index in [4.69, 9.17) is 37.0 Å². The van der Waals surface area contributed by atoms with Gasteiger partial charge in [0, 0.05) is 25.7 Å². The number of phosphoric acid groups is 2. The van der Waals surface area contributed by atoms with Gasteiger partial charge in [0.05, 0.1) is 26.4 Å². The number of unbranched alkanes of at least 4 members (excludes halogenated alkanes) is 32. The number of rotatable bonds is 74. The van der Waals surface area contributed by atoms with Crippen molar-refractivity contribution < 1.29 is 80.2 Å². The first-order valence-electron chi connectivity index (χ1n) is 39.5. The summed E-state index contributed by atoms with van der Waals surface area (Å²) in [7, 11) is -9.96. The third kappa shape index (κ3) is 72.3. The number of aliphatic hydroxyl groups is 1. The topological polar surface area (TPSA) is 237 Å². The van der Waals surface area contributed by atoms with Crippen molar-refractivity contribution >= 4 is 39.5 Å². The summed E-state index contributed by atoms with van der Waals surface area (Å²) >= 11 is 0. The molecule has 0 aromatic carbocycles. The Bertz CT molecular complexity index is 2270. The molecule has 0 bridgehead atoms. The Morgan fingerprint density at radius 1 is 0.290 bits per heavy atom. The summed E-state index contributed by atoms with van der Waals surface area (Å²) in [5.74, 6) is -2.22.